The van der Waals surface area contributed by atoms with Crippen molar-refractivity contribution in [2.75, 3.05) is 23.7 Å². The molecule has 5 rings (SSSR count). The minimum atomic E-state index is -3.40. The highest BCUT2D eigenvalue weighted by atomic mass is 32.2. The van der Waals surface area contributed by atoms with E-state index >= 15 is 0 Å². The molecule has 8 nitrogen and oxygen atoms in total. The molecular formula is C23H23N3O5S. The summed E-state index contributed by atoms with van der Waals surface area (Å²) in [6.45, 7) is 0.0499. The molecule has 2 aromatic carbocycles. The molecule has 0 radical (unpaired) electrons. The first kappa shape index (κ1) is 20.7. The maximum Gasteiger partial charge on any atom is 0.325 e. The number of nitrogens with zero attached hydrogens (tertiary/aromatic N) is 2. The molecule has 1 saturated heterocycles. The molecule has 3 aliphatic rings. The smallest absolute Gasteiger partial charge is 0.319 e. The van der Waals surface area contributed by atoms with Crippen molar-refractivity contribution in [3.05, 3.63) is 64.7 Å². The van der Waals surface area contributed by atoms with Crippen molar-refractivity contribution in [2.45, 2.75) is 31.2 Å². The SMILES string of the molecule is CS(=O)(=O)N1CCCc2cc(C(=O)CN3C(=O)N[C@]4(CCc5ccccc54)C3=O)ccc21. The molecule has 2 heterocycles. The fraction of sp³-hybridized carbons (Fsp3) is 0.348. The number of Topliss-reactive ketones (excluding diaryl/α,β-unsaturated/α-hetero) is 1. The predicted octanol–water partition coefficient (Wildman–Crippen LogP) is 1.97. The first-order valence-electron chi connectivity index (χ1n) is 10.6. The summed E-state index contributed by atoms with van der Waals surface area (Å²) in [4.78, 5) is 39.9. The van der Waals surface area contributed by atoms with Gasteiger partial charge < -0.3 is 5.32 Å². The van der Waals surface area contributed by atoms with Gasteiger partial charge in [0.1, 0.15) is 5.54 Å². The van der Waals surface area contributed by atoms with Gasteiger partial charge in [0.2, 0.25) is 10.0 Å². The van der Waals surface area contributed by atoms with Gasteiger partial charge in [0.05, 0.1) is 18.5 Å². The Morgan fingerprint density at radius 1 is 1.09 bits per heavy atom. The monoisotopic (exact) mass is 453 g/mol. The summed E-state index contributed by atoms with van der Waals surface area (Å²) < 4.78 is 25.4. The van der Waals surface area contributed by atoms with E-state index in [1.165, 1.54) is 4.31 Å². The lowest BCUT2D eigenvalue weighted by Gasteiger charge is -2.29. The van der Waals surface area contributed by atoms with Gasteiger partial charge in [0.25, 0.3) is 5.91 Å². The number of benzene rings is 2. The molecule has 166 valence electrons. The third-order valence-electron chi connectivity index (χ3n) is 6.60. The van der Waals surface area contributed by atoms with Crippen LogP contribution < -0.4 is 9.62 Å². The molecule has 1 spiro atoms. The topological polar surface area (TPSA) is 104 Å². The van der Waals surface area contributed by atoms with E-state index in [4.69, 9.17) is 0 Å². The number of imide groups is 1. The molecule has 2 aromatic rings. The maximum absolute atomic E-state index is 13.3. The third-order valence-corrected chi connectivity index (χ3v) is 7.78. The van der Waals surface area contributed by atoms with E-state index in [0.717, 1.165) is 27.8 Å². The number of carbonyl (C=O) groups excluding carboxylic acids is 3. The van der Waals surface area contributed by atoms with Crippen molar-refractivity contribution in [2.24, 2.45) is 0 Å². The minimum absolute atomic E-state index is 0.354. The van der Waals surface area contributed by atoms with Crippen LogP contribution in [0, 0.1) is 0 Å². The van der Waals surface area contributed by atoms with Crippen molar-refractivity contribution in [3.8, 4) is 0 Å². The molecular weight excluding hydrogens is 430 g/mol. The summed E-state index contributed by atoms with van der Waals surface area (Å²) in [5, 5.41) is 2.83. The number of hydrogen-bond donors (Lipinski definition) is 1. The van der Waals surface area contributed by atoms with Gasteiger partial charge in [-0.25, -0.2) is 13.2 Å². The maximum atomic E-state index is 13.3. The predicted molar refractivity (Wildman–Crippen MR) is 118 cm³/mol. The van der Waals surface area contributed by atoms with E-state index in [0.29, 0.717) is 43.5 Å². The van der Waals surface area contributed by atoms with E-state index in [9.17, 15) is 22.8 Å². The second-order valence-corrected chi connectivity index (χ2v) is 10.5. The van der Waals surface area contributed by atoms with E-state index < -0.39 is 27.5 Å². The molecule has 0 saturated carbocycles. The van der Waals surface area contributed by atoms with E-state index in [1.54, 1.807) is 18.2 Å². The molecule has 1 N–H and O–H groups in total. The fourth-order valence-corrected chi connectivity index (χ4v) is 6.04. The van der Waals surface area contributed by atoms with E-state index in [-0.39, 0.29) is 12.3 Å². The summed E-state index contributed by atoms with van der Waals surface area (Å²) >= 11 is 0. The Morgan fingerprint density at radius 3 is 2.66 bits per heavy atom. The van der Waals surface area contributed by atoms with Crippen molar-refractivity contribution in [1.82, 2.24) is 10.2 Å². The molecule has 1 fully saturated rings. The Hall–Kier alpha value is -3.20. The van der Waals surface area contributed by atoms with Crippen molar-refractivity contribution >= 4 is 33.4 Å². The number of urea groups is 1. The number of amides is 3. The van der Waals surface area contributed by atoms with Crippen LogP contribution in [0.3, 0.4) is 0 Å². The van der Waals surface area contributed by atoms with Gasteiger partial charge in [-0.05, 0) is 60.6 Å². The molecule has 1 aliphatic carbocycles. The highest BCUT2D eigenvalue weighted by Gasteiger charge is 2.55. The number of fused-ring (bicyclic) bond motifs is 3. The van der Waals surface area contributed by atoms with Crippen molar-refractivity contribution in [3.63, 3.8) is 0 Å². The van der Waals surface area contributed by atoms with Crippen molar-refractivity contribution < 1.29 is 22.8 Å². The zero-order valence-corrected chi connectivity index (χ0v) is 18.4. The standard InChI is InChI=1S/C23H23N3O5S/c1-32(30,31)26-12-4-6-16-13-17(8-9-19(16)26)20(27)14-25-21(28)23(24-22(25)29)11-10-15-5-2-3-7-18(15)23/h2-3,5,7-9,13H,4,6,10-12,14H2,1H3,(H,24,29)/t23-/m0/s1. The molecule has 0 unspecified atom stereocenters. The van der Waals surface area contributed by atoms with Crippen LogP contribution in [0.4, 0.5) is 10.5 Å². The van der Waals surface area contributed by atoms with Gasteiger partial charge in [-0.15, -0.1) is 0 Å². The molecule has 0 bridgehead atoms. The Labute approximate surface area is 186 Å². The van der Waals surface area contributed by atoms with Crippen LogP contribution in [0.25, 0.3) is 0 Å². The van der Waals surface area contributed by atoms with Crippen LogP contribution in [0.1, 0.15) is 39.9 Å². The van der Waals surface area contributed by atoms with Crippen LogP contribution in [0.2, 0.25) is 0 Å². The molecule has 9 heteroatoms. The normalized spacial score (nSPS) is 22.2. The lowest BCUT2D eigenvalue weighted by atomic mass is 9.91. The fourth-order valence-electron chi connectivity index (χ4n) is 5.05. The molecule has 3 amide bonds. The van der Waals surface area contributed by atoms with Gasteiger partial charge in [-0.1, -0.05) is 24.3 Å². The highest BCUT2D eigenvalue weighted by molar-refractivity contribution is 7.92. The first-order valence-corrected chi connectivity index (χ1v) is 12.4. The second-order valence-electron chi connectivity index (χ2n) is 8.59. The lowest BCUT2D eigenvalue weighted by molar-refractivity contribution is -0.131. The summed E-state index contributed by atoms with van der Waals surface area (Å²) in [6.07, 6.45) is 3.64. The van der Waals surface area contributed by atoms with Gasteiger partial charge in [0.15, 0.2) is 5.78 Å². The van der Waals surface area contributed by atoms with Crippen LogP contribution in [-0.2, 0) is 33.2 Å². The van der Waals surface area contributed by atoms with Gasteiger partial charge in [-0.2, -0.15) is 0 Å². The number of anilines is 1. The van der Waals surface area contributed by atoms with Gasteiger partial charge in [0, 0.05) is 12.1 Å². The number of rotatable bonds is 4. The summed E-state index contributed by atoms with van der Waals surface area (Å²) in [5.41, 5.74) is 2.42. The Bertz CT molecular complexity index is 1270. The summed E-state index contributed by atoms with van der Waals surface area (Å²) in [7, 11) is -3.40. The quantitative estimate of drug-likeness (QED) is 0.563. The van der Waals surface area contributed by atoms with Crippen molar-refractivity contribution in [1.29, 1.82) is 0 Å². The summed E-state index contributed by atoms with van der Waals surface area (Å²) in [6, 6.07) is 11.8. The van der Waals surface area contributed by atoms with Crippen LogP contribution in [0.15, 0.2) is 42.5 Å². The second kappa shape index (κ2) is 7.16. The van der Waals surface area contributed by atoms with Crippen LogP contribution in [-0.4, -0.2) is 50.4 Å². The first-order chi connectivity index (χ1) is 15.2. The average molecular weight is 454 g/mol. The highest BCUT2D eigenvalue weighted by Crippen LogP contribution is 2.41. The molecule has 0 aromatic heterocycles. The average Bonchev–Trinajstić information content (AvgIpc) is 3.25. The van der Waals surface area contributed by atoms with E-state index in [1.807, 2.05) is 24.3 Å². The number of hydrogen-bond acceptors (Lipinski definition) is 5. The number of sulfonamides is 1. The Balaban J connectivity index is 1.39. The molecule has 32 heavy (non-hydrogen) atoms. The number of nitrogens with one attached hydrogen (secondary N) is 1. The molecule has 1 atom stereocenters. The number of ketones is 1. The lowest BCUT2D eigenvalue weighted by Crippen LogP contribution is -2.42. The number of carbonyl (C=O) groups is 3. The molecule has 2 aliphatic heterocycles. The Morgan fingerprint density at radius 2 is 1.88 bits per heavy atom. The van der Waals surface area contributed by atoms with Crippen LogP contribution in [0.5, 0.6) is 0 Å². The zero-order valence-electron chi connectivity index (χ0n) is 17.6. The third kappa shape index (κ3) is 3.10. The van der Waals surface area contributed by atoms with Gasteiger partial charge in [-0.3, -0.25) is 18.8 Å². The van der Waals surface area contributed by atoms with Crippen LogP contribution >= 0.6 is 0 Å². The zero-order chi connectivity index (χ0) is 22.7. The van der Waals surface area contributed by atoms with E-state index in [2.05, 4.69) is 5.32 Å². The number of aryl methyl sites for hydroxylation is 2. The minimum Gasteiger partial charge on any atom is -0.319 e. The largest absolute Gasteiger partial charge is 0.325 e. The van der Waals surface area contributed by atoms with Gasteiger partial charge >= 0.3 is 6.03 Å². The summed E-state index contributed by atoms with van der Waals surface area (Å²) in [5.74, 6) is -0.766. The Kier molecular flexibility index (Phi) is 4.63.